The number of aromatic nitrogens is 1. The van der Waals surface area contributed by atoms with E-state index in [1.165, 1.54) is 0 Å². The van der Waals surface area contributed by atoms with Gasteiger partial charge in [-0.1, -0.05) is 46.1 Å². The number of carbonyl (C=O) groups excluding carboxylic acids is 1. The van der Waals surface area contributed by atoms with Crippen molar-refractivity contribution in [2.75, 3.05) is 31.1 Å². The van der Waals surface area contributed by atoms with Gasteiger partial charge in [0.1, 0.15) is 0 Å². The molecule has 1 aliphatic heterocycles. The van der Waals surface area contributed by atoms with Gasteiger partial charge in [0.25, 0.3) is 5.91 Å². The van der Waals surface area contributed by atoms with Crippen molar-refractivity contribution in [1.82, 2.24) is 9.88 Å². The maximum absolute atomic E-state index is 12.7. The highest BCUT2D eigenvalue weighted by Gasteiger charge is 2.25. The zero-order valence-electron chi connectivity index (χ0n) is 13.6. The van der Waals surface area contributed by atoms with Crippen LogP contribution in [0.1, 0.15) is 10.4 Å². The maximum Gasteiger partial charge on any atom is 0.255 e. The number of piperazine rings is 1. The molecule has 0 unspecified atom stereocenters. The lowest BCUT2D eigenvalue weighted by Crippen LogP contribution is -2.48. The van der Waals surface area contributed by atoms with E-state index in [0.717, 1.165) is 28.4 Å². The van der Waals surface area contributed by atoms with Gasteiger partial charge in [-0.15, -0.1) is 0 Å². The first-order chi connectivity index (χ1) is 12.5. The van der Waals surface area contributed by atoms with Gasteiger partial charge < -0.3 is 9.80 Å². The molecule has 3 aromatic rings. The third-order valence-electron chi connectivity index (χ3n) is 4.34. The highest BCUT2D eigenvalue weighted by Crippen LogP contribution is 2.31. The summed E-state index contributed by atoms with van der Waals surface area (Å²) < 4.78 is 1.07. The molecular weight excluding hydrogens is 413 g/mol. The summed E-state index contributed by atoms with van der Waals surface area (Å²) in [5, 5.41) is 2.59. The molecule has 1 saturated heterocycles. The van der Waals surface area contributed by atoms with Crippen LogP contribution >= 0.6 is 46.1 Å². The topological polar surface area (TPSA) is 36.4 Å². The van der Waals surface area contributed by atoms with Crippen LogP contribution in [0.3, 0.4) is 0 Å². The molecule has 0 N–H and O–H groups in total. The van der Waals surface area contributed by atoms with Crippen molar-refractivity contribution in [2.45, 2.75) is 0 Å². The number of hydrogen-bond acceptors (Lipinski definition) is 4. The fourth-order valence-electron chi connectivity index (χ4n) is 2.95. The summed E-state index contributed by atoms with van der Waals surface area (Å²) >= 11 is 19.8. The smallest absolute Gasteiger partial charge is 0.255 e. The molecular formula is C18H14Cl3N3OS. The predicted molar refractivity (Wildman–Crippen MR) is 109 cm³/mol. The third-order valence-corrected chi connectivity index (χ3v) is 6.21. The Bertz CT molecular complexity index is 983. The molecule has 134 valence electrons. The van der Waals surface area contributed by atoms with Crippen LogP contribution in [0.15, 0.2) is 36.4 Å². The molecule has 0 radical (unpaired) electrons. The SMILES string of the molecule is O=C(c1cc(Cl)ccc1Cl)N1CCN(c2nc3ccc(Cl)cc3s2)CC1. The minimum atomic E-state index is -0.0896. The van der Waals surface area contributed by atoms with Gasteiger partial charge in [-0.2, -0.15) is 0 Å². The molecule has 4 rings (SSSR count). The van der Waals surface area contributed by atoms with Crippen molar-refractivity contribution in [3.8, 4) is 0 Å². The Kier molecular flexibility index (Phi) is 4.97. The Morgan fingerprint density at radius 1 is 0.962 bits per heavy atom. The lowest BCUT2D eigenvalue weighted by atomic mass is 10.2. The summed E-state index contributed by atoms with van der Waals surface area (Å²) in [6.07, 6.45) is 0. The molecule has 8 heteroatoms. The van der Waals surface area contributed by atoms with Crippen LogP contribution in [0, 0.1) is 0 Å². The van der Waals surface area contributed by atoms with Crippen LogP contribution in [0.2, 0.25) is 15.1 Å². The van der Waals surface area contributed by atoms with Crippen LogP contribution in [0.25, 0.3) is 10.2 Å². The van der Waals surface area contributed by atoms with Gasteiger partial charge in [0, 0.05) is 36.2 Å². The zero-order chi connectivity index (χ0) is 18.3. The first kappa shape index (κ1) is 17.9. The molecule has 1 aliphatic rings. The molecule has 2 heterocycles. The average Bonchev–Trinajstić information content (AvgIpc) is 3.06. The zero-order valence-corrected chi connectivity index (χ0v) is 16.7. The Labute approximate surface area is 169 Å². The van der Waals surface area contributed by atoms with Gasteiger partial charge in [-0.05, 0) is 36.4 Å². The highest BCUT2D eigenvalue weighted by atomic mass is 35.5. The van der Waals surface area contributed by atoms with Gasteiger partial charge in [0.05, 0.1) is 20.8 Å². The largest absolute Gasteiger partial charge is 0.345 e. The normalized spacial score (nSPS) is 14.9. The molecule has 1 fully saturated rings. The van der Waals surface area contributed by atoms with Crippen LogP contribution in [0.5, 0.6) is 0 Å². The van der Waals surface area contributed by atoms with E-state index in [2.05, 4.69) is 9.88 Å². The number of benzene rings is 2. The third kappa shape index (κ3) is 3.49. The van der Waals surface area contributed by atoms with Gasteiger partial charge in [0.15, 0.2) is 5.13 Å². The van der Waals surface area contributed by atoms with Crippen LogP contribution < -0.4 is 4.90 Å². The number of anilines is 1. The number of amides is 1. The van der Waals surface area contributed by atoms with Gasteiger partial charge >= 0.3 is 0 Å². The second-order valence-electron chi connectivity index (χ2n) is 6.01. The van der Waals surface area contributed by atoms with E-state index in [-0.39, 0.29) is 5.91 Å². The quantitative estimate of drug-likeness (QED) is 0.564. The second kappa shape index (κ2) is 7.24. The Morgan fingerprint density at radius 3 is 2.42 bits per heavy atom. The number of fused-ring (bicyclic) bond motifs is 1. The molecule has 0 atom stereocenters. The molecule has 0 spiro atoms. The number of nitrogens with zero attached hydrogens (tertiary/aromatic N) is 3. The Balaban J connectivity index is 1.48. The second-order valence-corrected chi connectivity index (χ2v) is 8.30. The van der Waals surface area contributed by atoms with Crippen molar-refractivity contribution in [3.63, 3.8) is 0 Å². The van der Waals surface area contributed by atoms with Crippen LogP contribution in [-0.4, -0.2) is 42.0 Å². The lowest BCUT2D eigenvalue weighted by Gasteiger charge is -2.34. The van der Waals surface area contributed by atoms with Crippen molar-refractivity contribution in [3.05, 3.63) is 57.0 Å². The number of rotatable bonds is 2. The van der Waals surface area contributed by atoms with E-state index in [9.17, 15) is 4.79 Å². The predicted octanol–water partition coefficient (Wildman–Crippen LogP) is 5.22. The van der Waals surface area contributed by atoms with E-state index in [0.29, 0.717) is 33.7 Å². The van der Waals surface area contributed by atoms with E-state index < -0.39 is 0 Å². The number of thiazole rings is 1. The Hall–Kier alpha value is -1.53. The molecule has 2 aromatic carbocycles. The van der Waals surface area contributed by atoms with Crippen molar-refractivity contribution >= 4 is 67.4 Å². The number of carbonyl (C=O) groups is 1. The first-order valence-electron chi connectivity index (χ1n) is 8.06. The van der Waals surface area contributed by atoms with Gasteiger partial charge in [0.2, 0.25) is 0 Å². The molecule has 4 nitrogen and oxygen atoms in total. The van der Waals surface area contributed by atoms with E-state index in [4.69, 9.17) is 34.8 Å². The minimum absolute atomic E-state index is 0.0896. The summed E-state index contributed by atoms with van der Waals surface area (Å²) in [6.45, 7) is 2.66. The molecule has 26 heavy (non-hydrogen) atoms. The molecule has 1 aromatic heterocycles. The first-order valence-corrected chi connectivity index (χ1v) is 10.0. The van der Waals surface area contributed by atoms with Crippen molar-refractivity contribution < 1.29 is 4.79 Å². The summed E-state index contributed by atoms with van der Waals surface area (Å²) in [6, 6.07) is 10.7. The van der Waals surface area contributed by atoms with Crippen molar-refractivity contribution in [1.29, 1.82) is 0 Å². The fourth-order valence-corrected chi connectivity index (χ4v) is 4.62. The maximum atomic E-state index is 12.7. The molecule has 0 saturated carbocycles. The standard InChI is InChI=1S/C18H14Cl3N3OS/c19-11-1-3-14(21)13(9-11)17(25)23-5-7-24(8-6-23)18-22-15-4-2-12(20)10-16(15)26-18/h1-4,9-10H,5-8H2. The number of halogens is 3. The Morgan fingerprint density at radius 2 is 1.65 bits per heavy atom. The van der Waals surface area contributed by atoms with E-state index in [1.54, 1.807) is 34.4 Å². The highest BCUT2D eigenvalue weighted by molar-refractivity contribution is 7.22. The van der Waals surface area contributed by atoms with Crippen LogP contribution in [0.4, 0.5) is 5.13 Å². The summed E-state index contributed by atoms with van der Waals surface area (Å²) in [4.78, 5) is 21.4. The summed E-state index contributed by atoms with van der Waals surface area (Å²) in [5.74, 6) is -0.0896. The van der Waals surface area contributed by atoms with Crippen LogP contribution in [-0.2, 0) is 0 Å². The van der Waals surface area contributed by atoms with Gasteiger partial charge in [-0.3, -0.25) is 4.79 Å². The summed E-state index contributed by atoms with van der Waals surface area (Å²) in [7, 11) is 0. The van der Waals surface area contributed by atoms with Crippen molar-refractivity contribution in [2.24, 2.45) is 0 Å². The molecule has 0 aliphatic carbocycles. The number of hydrogen-bond donors (Lipinski definition) is 0. The van der Waals surface area contributed by atoms with E-state index >= 15 is 0 Å². The fraction of sp³-hybridized carbons (Fsp3) is 0.222. The van der Waals surface area contributed by atoms with Gasteiger partial charge in [-0.25, -0.2) is 4.98 Å². The lowest BCUT2D eigenvalue weighted by molar-refractivity contribution is 0.0747. The average molecular weight is 427 g/mol. The molecule has 0 bridgehead atoms. The minimum Gasteiger partial charge on any atom is -0.345 e. The summed E-state index contributed by atoms with van der Waals surface area (Å²) in [5.41, 5.74) is 1.39. The van der Waals surface area contributed by atoms with E-state index in [1.807, 2.05) is 18.2 Å². The molecule has 1 amide bonds. The monoisotopic (exact) mass is 425 g/mol.